The van der Waals surface area contributed by atoms with Crippen LogP contribution in [0.1, 0.15) is 155 Å². The first-order valence-corrected chi connectivity index (χ1v) is 14.4. The van der Waals surface area contributed by atoms with Crippen molar-refractivity contribution in [1.29, 1.82) is 0 Å². The Kier molecular flexibility index (Phi) is 15.3. The average Bonchev–Trinajstić information content (AvgIpc) is 2.79. The van der Waals surface area contributed by atoms with Gasteiger partial charge in [-0.05, 0) is 62.7 Å². The van der Waals surface area contributed by atoms with E-state index < -0.39 is 0 Å². The minimum Gasteiger partial charge on any atom is -0.378 e. The van der Waals surface area contributed by atoms with Crippen LogP contribution in [0.15, 0.2) is 0 Å². The van der Waals surface area contributed by atoms with Crippen molar-refractivity contribution < 1.29 is 4.74 Å². The van der Waals surface area contributed by atoms with Crippen LogP contribution < -0.4 is 0 Å². The molecule has 0 aromatic heterocycles. The van der Waals surface area contributed by atoms with Crippen molar-refractivity contribution in [1.82, 2.24) is 0 Å². The van der Waals surface area contributed by atoms with Crippen LogP contribution >= 0.6 is 0 Å². The lowest BCUT2D eigenvalue weighted by atomic mass is 9.70. The lowest BCUT2D eigenvalue weighted by Gasteiger charge is -2.38. The summed E-state index contributed by atoms with van der Waals surface area (Å²) in [6.45, 7) is 5.64. The minimum absolute atomic E-state index is 0.588. The summed E-state index contributed by atoms with van der Waals surface area (Å²) in [5, 5.41) is 0. The van der Waals surface area contributed by atoms with Gasteiger partial charge in [-0.15, -0.1) is 0 Å². The molecule has 0 aromatic carbocycles. The van der Waals surface area contributed by atoms with Crippen molar-refractivity contribution >= 4 is 0 Å². The topological polar surface area (TPSA) is 9.23 Å². The zero-order valence-electron chi connectivity index (χ0n) is 21.0. The smallest absolute Gasteiger partial charge is 0.0575 e. The molecule has 0 bridgehead atoms. The van der Waals surface area contributed by atoms with Crippen LogP contribution in [0, 0.1) is 17.8 Å². The van der Waals surface area contributed by atoms with Crippen LogP contribution in [-0.2, 0) is 4.74 Å². The van der Waals surface area contributed by atoms with Gasteiger partial charge in [-0.25, -0.2) is 0 Å². The molecule has 2 fully saturated rings. The van der Waals surface area contributed by atoms with Crippen LogP contribution in [0.3, 0.4) is 0 Å². The van der Waals surface area contributed by atoms with Crippen LogP contribution in [-0.4, -0.2) is 12.7 Å². The summed E-state index contributed by atoms with van der Waals surface area (Å²) >= 11 is 0. The normalized spacial score (nSPS) is 27.4. The summed E-state index contributed by atoms with van der Waals surface area (Å²) in [5.41, 5.74) is 0. The highest BCUT2D eigenvalue weighted by atomic mass is 16.5. The predicted molar refractivity (Wildman–Crippen MR) is 133 cm³/mol. The quantitative estimate of drug-likeness (QED) is 0.213. The summed E-state index contributed by atoms with van der Waals surface area (Å²) in [6, 6.07) is 0. The van der Waals surface area contributed by atoms with Crippen molar-refractivity contribution in [3.8, 4) is 0 Å². The maximum atomic E-state index is 6.25. The van der Waals surface area contributed by atoms with Crippen molar-refractivity contribution in [2.45, 2.75) is 161 Å². The molecule has 0 heterocycles. The van der Waals surface area contributed by atoms with E-state index in [4.69, 9.17) is 4.74 Å². The molecule has 0 aromatic rings. The second-order valence-electron chi connectivity index (χ2n) is 10.9. The van der Waals surface area contributed by atoms with Crippen LogP contribution in [0.4, 0.5) is 0 Å². The highest BCUT2D eigenvalue weighted by Gasteiger charge is 2.30. The lowest BCUT2D eigenvalue weighted by Crippen LogP contribution is -2.28. The zero-order valence-corrected chi connectivity index (χ0v) is 21.0. The van der Waals surface area contributed by atoms with E-state index >= 15 is 0 Å². The van der Waals surface area contributed by atoms with Gasteiger partial charge in [-0.2, -0.15) is 0 Å². The minimum atomic E-state index is 0.588. The van der Waals surface area contributed by atoms with Crippen molar-refractivity contribution in [3.63, 3.8) is 0 Å². The summed E-state index contributed by atoms with van der Waals surface area (Å²) in [5.74, 6) is 3.14. The fourth-order valence-corrected chi connectivity index (χ4v) is 6.20. The zero-order chi connectivity index (χ0) is 21.3. The van der Waals surface area contributed by atoms with Crippen LogP contribution in [0.5, 0.6) is 0 Å². The molecule has 1 nitrogen and oxygen atoms in total. The molecule has 1 heteroatoms. The second kappa shape index (κ2) is 17.5. The molecular weight excluding hydrogens is 364 g/mol. The highest BCUT2D eigenvalue weighted by molar-refractivity contribution is 4.82. The van der Waals surface area contributed by atoms with Gasteiger partial charge in [0.05, 0.1) is 6.10 Å². The molecule has 0 saturated heterocycles. The van der Waals surface area contributed by atoms with Gasteiger partial charge in [0.2, 0.25) is 0 Å². The summed E-state index contributed by atoms with van der Waals surface area (Å²) in [7, 11) is 0. The maximum Gasteiger partial charge on any atom is 0.0575 e. The fraction of sp³-hybridized carbons (Fsp3) is 1.00. The Hall–Kier alpha value is -0.0400. The fourth-order valence-electron chi connectivity index (χ4n) is 6.20. The Morgan fingerprint density at radius 3 is 1.53 bits per heavy atom. The largest absolute Gasteiger partial charge is 0.378 e. The number of ether oxygens (including phenoxy) is 1. The molecule has 2 rings (SSSR count). The third-order valence-electron chi connectivity index (χ3n) is 8.34. The van der Waals surface area contributed by atoms with Crippen LogP contribution in [0.2, 0.25) is 0 Å². The predicted octanol–water partition coefficient (Wildman–Crippen LogP) is 9.87. The van der Waals surface area contributed by atoms with E-state index in [0.717, 1.165) is 24.4 Å². The van der Waals surface area contributed by atoms with Gasteiger partial charge < -0.3 is 4.74 Å². The Balaban J connectivity index is 1.43. The molecule has 0 atom stereocenters. The number of unbranched alkanes of at least 4 members (excludes halogenated alkanes) is 11. The van der Waals surface area contributed by atoms with Gasteiger partial charge in [0, 0.05) is 6.61 Å². The van der Waals surface area contributed by atoms with Crippen LogP contribution in [0.25, 0.3) is 0 Å². The SMILES string of the molecule is CCCCCCCCCCO[C@H]1CC[C@H](C2CCC(CCCCCCC)CC2)CC1. The molecule has 0 aliphatic heterocycles. The Labute approximate surface area is 190 Å². The molecule has 0 amide bonds. The van der Waals surface area contributed by atoms with E-state index in [9.17, 15) is 0 Å². The molecule has 0 radical (unpaired) electrons. The van der Waals surface area contributed by atoms with Crippen molar-refractivity contribution in [3.05, 3.63) is 0 Å². The van der Waals surface area contributed by atoms with E-state index in [1.165, 1.54) is 141 Å². The van der Waals surface area contributed by atoms with E-state index in [2.05, 4.69) is 13.8 Å². The Morgan fingerprint density at radius 1 is 0.500 bits per heavy atom. The number of hydrogen-bond acceptors (Lipinski definition) is 1. The average molecular weight is 421 g/mol. The molecule has 30 heavy (non-hydrogen) atoms. The lowest BCUT2D eigenvalue weighted by molar-refractivity contribution is 0.00526. The first kappa shape index (κ1) is 26.2. The summed E-state index contributed by atoms with van der Waals surface area (Å²) in [4.78, 5) is 0. The van der Waals surface area contributed by atoms with Crippen molar-refractivity contribution in [2.75, 3.05) is 6.61 Å². The standard InChI is InChI=1S/C29H56O/c1-3-5-7-9-10-11-13-15-25-30-29-23-21-28(22-24-29)27-19-17-26(18-20-27)16-14-12-8-6-4-2/h26-29H,3-25H2,1-2H3/t26?,27?,28-,29-. The molecule has 0 N–H and O–H groups in total. The number of rotatable bonds is 17. The molecular formula is C29H56O. The maximum absolute atomic E-state index is 6.25. The molecule has 178 valence electrons. The molecule has 0 spiro atoms. The Morgan fingerprint density at radius 2 is 0.967 bits per heavy atom. The van der Waals surface area contributed by atoms with E-state index in [0.29, 0.717) is 6.10 Å². The van der Waals surface area contributed by atoms with Gasteiger partial charge in [-0.3, -0.25) is 0 Å². The van der Waals surface area contributed by atoms with Gasteiger partial charge in [0.25, 0.3) is 0 Å². The van der Waals surface area contributed by atoms with E-state index in [1.807, 2.05) is 0 Å². The van der Waals surface area contributed by atoms with Gasteiger partial charge in [0.1, 0.15) is 0 Å². The Bertz CT molecular complexity index is 363. The third-order valence-corrected chi connectivity index (χ3v) is 8.34. The molecule has 2 aliphatic rings. The monoisotopic (exact) mass is 420 g/mol. The third kappa shape index (κ3) is 11.5. The van der Waals surface area contributed by atoms with E-state index in [1.54, 1.807) is 0 Å². The summed E-state index contributed by atoms with van der Waals surface area (Å²) < 4.78 is 6.25. The highest BCUT2D eigenvalue weighted by Crippen LogP contribution is 2.41. The van der Waals surface area contributed by atoms with Gasteiger partial charge >= 0.3 is 0 Å². The van der Waals surface area contributed by atoms with E-state index in [-0.39, 0.29) is 0 Å². The first-order valence-electron chi connectivity index (χ1n) is 14.4. The second-order valence-corrected chi connectivity index (χ2v) is 10.9. The van der Waals surface area contributed by atoms with Gasteiger partial charge in [0.15, 0.2) is 0 Å². The summed E-state index contributed by atoms with van der Waals surface area (Å²) in [6.07, 6.45) is 32.3. The molecule has 2 aliphatic carbocycles. The molecule has 0 unspecified atom stereocenters. The molecule has 2 saturated carbocycles. The van der Waals surface area contributed by atoms with Gasteiger partial charge in [-0.1, -0.05) is 110 Å². The number of hydrogen-bond donors (Lipinski definition) is 0. The first-order chi connectivity index (χ1) is 14.8. The van der Waals surface area contributed by atoms with Crippen molar-refractivity contribution in [2.24, 2.45) is 17.8 Å².